The molecule has 0 saturated heterocycles. The van der Waals surface area contributed by atoms with Crippen molar-refractivity contribution in [2.24, 2.45) is 5.73 Å². The average molecular weight is 261 g/mol. The molecule has 0 fully saturated rings. The quantitative estimate of drug-likeness (QED) is 0.750. The molecule has 102 valence electrons. The van der Waals surface area contributed by atoms with Crippen LogP contribution in [-0.2, 0) is 19.5 Å². The number of rotatable bonds is 7. The maximum atomic E-state index is 12.1. The Hall–Kier alpha value is -1.95. The number of hydrogen-bond donors (Lipinski definition) is 1. The lowest BCUT2D eigenvalue weighted by Gasteiger charge is -2.04. The third-order valence-electron chi connectivity index (χ3n) is 2.89. The van der Waals surface area contributed by atoms with Crippen molar-refractivity contribution < 1.29 is 4.79 Å². The number of nitrogens with zero attached hydrogens (tertiary/aromatic N) is 4. The molecule has 6 heteroatoms. The van der Waals surface area contributed by atoms with Gasteiger partial charge in [-0.25, -0.2) is 9.97 Å². The van der Waals surface area contributed by atoms with E-state index in [4.69, 9.17) is 5.73 Å². The molecule has 0 saturated carbocycles. The van der Waals surface area contributed by atoms with Crippen molar-refractivity contribution in [2.75, 3.05) is 6.54 Å². The van der Waals surface area contributed by atoms with E-state index in [0.717, 1.165) is 18.8 Å². The summed E-state index contributed by atoms with van der Waals surface area (Å²) >= 11 is 0. The van der Waals surface area contributed by atoms with Gasteiger partial charge in [0.2, 0.25) is 0 Å². The molecule has 2 rings (SSSR count). The molecule has 0 radical (unpaired) electrons. The molecular weight excluding hydrogens is 242 g/mol. The van der Waals surface area contributed by atoms with Crippen molar-refractivity contribution in [1.82, 2.24) is 19.1 Å². The van der Waals surface area contributed by atoms with Gasteiger partial charge in [-0.05, 0) is 6.42 Å². The third-order valence-corrected chi connectivity index (χ3v) is 2.89. The molecule has 0 aromatic carbocycles. The van der Waals surface area contributed by atoms with Crippen LogP contribution in [0.25, 0.3) is 0 Å². The van der Waals surface area contributed by atoms with E-state index in [1.54, 1.807) is 18.7 Å². The molecule has 0 unspecified atom stereocenters. The van der Waals surface area contributed by atoms with Gasteiger partial charge in [-0.2, -0.15) is 0 Å². The average Bonchev–Trinajstić information content (AvgIpc) is 3.01. The highest BCUT2D eigenvalue weighted by Crippen LogP contribution is 2.06. The van der Waals surface area contributed by atoms with E-state index in [2.05, 4.69) is 16.9 Å². The van der Waals surface area contributed by atoms with Crippen LogP contribution in [0, 0.1) is 0 Å². The van der Waals surface area contributed by atoms with E-state index >= 15 is 0 Å². The summed E-state index contributed by atoms with van der Waals surface area (Å²) in [6, 6.07) is 0. The molecule has 2 heterocycles. The zero-order valence-electron chi connectivity index (χ0n) is 11.1. The Morgan fingerprint density at radius 2 is 2.21 bits per heavy atom. The van der Waals surface area contributed by atoms with Crippen LogP contribution in [0.2, 0.25) is 0 Å². The SMILES string of the molecule is CCCn1ccnc1CC(=O)c1cn(CCN)cn1. The number of Topliss-reactive ketones (excluding diaryl/α,β-unsaturated/α-hetero) is 1. The van der Waals surface area contributed by atoms with Gasteiger partial charge in [-0.3, -0.25) is 4.79 Å². The number of imidazole rings is 2. The number of carbonyl (C=O) groups is 1. The Labute approximate surface area is 112 Å². The molecule has 0 spiro atoms. The summed E-state index contributed by atoms with van der Waals surface area (Å²) in [5.74, 6) is 0.777. The van der Waals surface area contributed by atoms with E-state index in [9.17, 15) is 4.79 Å². The molecule has 0 bridgehead atoms. The molecule has 0 aliphatic heterocycles. The predicted octanol–water partition coefficient (Wildman–Crippen LogP) is 0.874. The number of carbonyl (C=O) groups excluding carboxylic acids is 1. The van der Waals surface area contributed by atoms with E-state index < -0.39 is 0 Å². The topological polar surface area (TPSA) is 78.7 Å². The third kappa shape index (κ3) is 3.29. The summed E-state index contributed by atoms with van der Waals surface area (Å²) < 4.78 is 3.83. The van der Waals surface area contributed by atoms with Crippen LogP contribution in [0.4, 0.5) is 0 Å². The minimum atomic E-state index is -0.0145. The van der Waals surface area contributed by atoms with Crippen molar-refractivity contribution in [3.8, 4) is 0 Å². The Morgan fingerprint density at radius 3 is 2.95 bits per heavy atom. The molecule has 19 heavy (non-hydrogen) atoms. The van der Waals surface area contributed by atoms with Gasteiger partial charge in [0.25, 0.3) is 0 Å². The highest BCUT2D eigenvalue weighted by molar-refractivity contribution is 5.95. The second kappa shape index (κ2) is 6.29. The fourth-order valence-electron chi connectivity index (χ4n) is 1.96. The first-order chi connectivity index (χ1) is 9.24. The molecule has 2 N–H and O–H groups in total. The lowest BCUT2D eigenvalue weighted by Crippen LogP contribution is -2.11. The van der Waals surface area contributed by atoms with E-state index in [0.29, 0.717) is 18.8 Å². The normalized spacial score (nSPS) is 10.8. The summed E-state index contributed by atoms with van der Waals surface area (Å²) in [5, 5.41) is 0. The van der Waals surface area contributed by atoms with Gasteiger partial charge in [0.15, 0.2) is 5.78 Å². The molecule has 2 aromatic rings. The second-order valence-electron chi connectivity index (χ2n) is 4.42. The first-order valence-electron chi connectivity index (χ1n) is 6.49. The number of aromatic nitrogens is 4. The number of aryl methyl sites for hydroxylation is 1. The Bertz CT molecular complexity index is 543. The molecule has 0 aliphatic rings. The van der Waals surface area contributed by atoms with Crippen molar-refractivity contribution in [2.45, 2.75) is 32.9 Å². The first-order valence-corrected chi connectivity index (χ1v) is 6.49. The van der Waals surface area contributed by atoms with Gasteiger partial charge >= 0.3 is 0 Å². The van der Waals surface area contributed by atoms with Crippen LogP contribution in [0.3, 0.4) is 0 Å². The second-order valence-corrected chi connectivity index (χ2v) is 4.42. The highest BCUT2D eigenvalue weighted by atomic mass is 16.1. The van der Waals surface area contributed by atoms with Gasteiger partial charge < -0.3 is 14.9 Å². The maximum absolute atomic E-state index is 12.1. The van der Waals surface area contributed by atoms with Crippen LogP contribution in [-0.4, -0.2) is 31.4 Å². The first kappa shape index (κ1) is 13.5. The summed E-state index contributed by atoms with van der Waals surface area (Å²) in [6.45, 7) is 4.18. The summed E-state index contributed by atoms with van der Waals surface area (Å²) in [6.07, 6.45) is 8.31. The molecular formula is C13H19N5O. The van der Waals surface area contributed by atoms with E-state index in [-0.39, 0.29) is 12.2 Å². The molecule has 0 aliphatic carbocycles. The smallest absolute Gasteiger partial charge is 0.190 e. The summed E-state index contributed by atoms with van der Waals surface area (Å²) in [4.78, 5) is 20.5. The van der Waals surface area contributed by atoms with Gasteiger partial charge in [0.05, 0.1) is 12.7 Å². The monoisotopic (exact) mass is 261 g/mol. The standard InChI is InChI=1S/C13H19N5O/c1-2-5-18-7-4-15-13(18)8-12(19)11-9-17(6-3-14)10-16-11/h4,7,9-10H,2-3,5-6,8,14H2,1H3. The van der Waals surface area contributed by atoms with Gasteiger partial charge in [0, 0.05) is 38.2 Å². The van der Waals surface area contributed by atoms with E-state index in [1.807, 2.05) is 15.3 Å². The maximum Gasteiger partial charge on any atom is 0.190 e. The van der Waals surface area contributed by atoms with E-state index in [1.165, 1.54) is 0 Å². The zero-order chi connectivity index (χ0) is 13.7. The lowest BCUT2D eigenvalue weighted by atomic mass is 10.2. The van der Waals surface area contributed by atoms with Crippen molar-refractivity contribution >= 4 is 5.78 Å². The molecule has 6 nitrogen and oxygen atoms in total. The van der Waals surface area contributed by atoms with Crippen molar-refractivity contribution in [3.05, 3.63) is 36.4 Å². The van der Waals surface area contributed by atoms with Crippen molar-refractivity contribution in [1.29, 1.82) is 0 Å². The number of hydrogen-bond acceptors (Lipinski definition) is 4. The van der Waals surface area contributed by atoms with Crippen molar-refractivity contribution in [3.63, 3.8) is 0 Å². The number of ketones is 1. The molecule has 0 amide bonds. The Kier molecular flexibility index (Phi) is 4.46. The van der Waals surface area contributed by atoms with Crippen LogP contribution < -0.4 is 5.73 Å². The van der Waals surface area contributed by atoms with Gasteiger partial charge in [-0.15, -0.1) is 0 Å². The molecule has 0 atom stereocenters. The zero-order valence-corrected chi connectivity index (χ0v) is 11.1. The number of nitrogens with two attached hydrogens (primary N) is 1. The summed E-state index contributed by atoms with van der Waals surface area (Å²) in [5.41, 5.74) is 5.93. The fourth-order valence-corrected chi connectivity index (χ4v) is 1.96. The predicted molar refractivity (Wildman–Crippen MR) is 71.8 cm³/mol. The molecule has 2 aromatic heterocycles. The van der Waals surface area contributed by atoms with Crippen LogP contribution in [0.1, 0.15) is 29.7 Å². The minimum Gasteiger partial charge on any atom is -0.335 e. The van der Waals surface area contributed by atoms with Gasteiger partial charge in [-0.1, -0.05) is 6.92 Å². The Morgan fingerprint density at radius 1 is 1.37 bits per heavy atom. The lowest BCUT2D eigenvalue weighted by molar-refractivity contribution is 0.0985. The van der Waals surface area contributed by atoms with Crippen LogP contribution >= 0.6 is 0 Å². The van der Waals surface area contributed by atoms with Gasteiger partial charge in [0.1, 0.15) is 11.5 Å². The largest absolute Gasteiger partial charge is 0.335 e. The summed E-state index contributed by atoms with van der Waals surface area (Å²) in [7, 11) is 0. The van der Waals surface area contributed by atoms with Crippen LogP contribution in [0.15, 0.2) is 24.9 Å². The minimum absolute atomic E-state index is 0.0145. The fraction of sp³-hybridized carbons (Fsp3) is 0.462. The highest BCUT2D eigenvalue weighted by Gasteiger charge is 2.13. The Balaban J connectivity index is 2.05. The van der Waals surface area contributed by atoms with Crippen LogP contribution in [0.5, 0.6) is 0 Å².